The average molecular weight is 370 g/mol. The summed E-state index contributed by atoms with van der Waals surface area (Å²) < 4.78 is 11.1. The van der Waals surface area contributed by atoms with E-state index in [9.17, 15) is 4.79 Å². The third-order valence-corrected chi connectivity index (χ3v) is 5.29. The van der Waals surface area contributed by atoms with Crippen molar-refractivity contribution in [3.8, 4) is 5.75 Å². The van der Waals surface area contributed by atoms with Crippen LogP contribution >= 0.6 is 0 Å². The van der Waals surface area contributed by atoms with Crippen molar-refractivity contribution in [2.75, 3.05) is 26.2 Å². The van der Waals surface area contributed by atoms with Crippen LogP contribution < -0.4 is 4.74 Å². The van der Waals surface area contributed by atoms with Gasteiger partial charge in [0.15, 0.2) is 5.82 Å². The monoisotopic (exact) mass is 370 g/mol. The molecule has 4 rings (SSSR count). The van der Waals surface area contributed by atoms with Crippen molar-refractivity contribution < 1.29 is 14.1 Å². The molecule has 2 aliphatic rings. The lowest BCUT2D eigenvalue weighted by atomic mass is 10.1. The second-order valence-electron chi connectivity index (χ2n) is 7.27. The Kier molecular flexibility index (Phi) is 5.11. The third-order valence-electron chi connectivity index (χ3n) is 5.29. The SMILES string of the molecule is CCC(=O)N1CCCN(Cc2ccc3c(c2)CCO3)CC1c1nc(C)no1. The minimum atomic E-state index is -0.195. The molecule has 7 nitrogen and oxygen atoms in total. The number of ether oxygens (including phenoxy) is 1. The van der Waals surface area contributed by atoms with E-state index in [0.717, 1.165) is 38.3 Å². The standard InChI is InChI=1S/C20H26N4O3/c1-3-19(25)24-9-4-8-23(13-17(24)20-21-14(2)22-27-20)12-15-5-6-18-16(11-15)7-10-26-18/h5-6,11,17H,3-4,7-10,12-13H2,1-2H3. The van der Waals surface area contributed by atoms with Crippen LogP contribution in [0.4, 0.5) is 0 Å². The van der Waals surface area contributed by atoms with E-state index >= 15 is 0 Å². The Morgan fingerprint density at radius 3 is 3.00 bits per heavy atom. The Bertz CT molecular complexity index is 819. The Morgan fingerprint density at radius 1 is 1.33 bits per heavy atom. The van der Waals surface area contributed by atoms with Gasteiger partial charge >= 0.3 is 0 Å². The van der Waals surface area contributed by atoms with E-state index in [2.05, 4.69) is 33.2 Å². The molecule has 1 unspecified atom stereocenters. The zero-order valence-electron chi connectivity index (χ0n) is 16.0. The fourth-order valence-corrected chi connectivity index (χ4v) is 3.96. The van der Waals surface area contributed by atoms with Crippen LogP contribution in [0, 0.1) is 6.92 Å². The normalized spacial score (nSPS) is 20.2. The quantitative estimate of drug-likeness (QED) is 0.823. The maximum absolute atomic E-state index is 12.5. The number of hydrogen-bond donors (Lipinski definition) is 0. The summed E-state index contributed by atoms with van der Waals surface area (Å²) in [5.41, 5.74) is 2.56. The Hall–Kier alpha value is -2.41. The smallest absolute Gasteiger partial charge is 0.250 e. The molecule has 0 N–H and O–H groups in total. The maximum Gasteiger partial charge on any atom is 0.250 e. The summed E-state index contributed by atoms with van der Waals surface area (Å²) >= 11 is 0. The maximum atomic E-state index is 12.5. The molecule has 1 saturated heterocycles. The number of nitrogens with zero attached hydrogens (tertiary/aromatic N) is 4. The van der Waals surface area contributed by atoms with E-state index in [4.69, 9.17) is 9.26 Å². The number of carbonyl (C=O) groups excluding carboxylic acids is 1. The van der Waals surface area contributed by atoms with Gasteiger partial charge in [0, 0.05) is 39.0 Å². The third kappa shape index (κ3) is 3.83. The topological polar surface area (TPSA) is 71.7 Å². The van der Waals surface area contributed by atoms with E-state index in [0.29, 0.717) is 31.2 Å². The molecule has 0 radical (unpaired) electrons. The Balaban J connectivity index is 1.55. The second kappa shape index (κ2) is 7.68. The predicted molar refractivity (Wildman–Crippen MR) is 99.3 cm³/mol. The van der Waals surface area contributed by atoms with Crippen molar-refractivity contribution in [2.45, 2.75) is 45.7 Å². The molecule has 2 aliphatic heterocycles. The Morgan fingerprint density at radius 2 is 2.22 bits per heavy atom. The number of benzene rings is 1. The van der Waals surface area contributed by atoms with Crippen molar-refractivity contribution in [1.29, 1.82) is 0 Å². The van der Waals surface area contributed by atoms with E-state index in [1.807, 2.05) is 11.8 Å². The van der Waals surface area contributed by atoms with E-state index < -0.39 is 0 Å². The number of hydrogen-bond acceptors (Lipinski definition) is 6. The van der Waals surface area contributed by atoms with Gasteiger partial charge in [0.1, 0.15) is 11.8 Å². The minimum absolute atomic E-state index is 0.132. The highest BCUT2D eigenvalue weighted by molar-refractivity contribution is 5.76. The van der Waals surface area contributed by atoms with Crippen molar-refractivity contribution in [1.82, 2.24) is 19.9 Å². The highest BCUT2D eigenvalue weighted by atomic mass is 16.5. The van der Waals surface area contributed by atoms with Crippen molar-refractivity contribution >= 4 is 5.91 Å². The molecule has 2 aromatic rings. The van der Waals surface area contributed by atoms with Crippen LogP contribution in [0.3, 0.4) is 0 Å². The predicted octanol–water partition coefficient (Wildman–Crippen LogP) is 2.50. The summed E-state index contributed by atoms with van der Waals surface area (Å²) in [5, 5.41) is 3.93. The molecule has 1 atom stereocenters. The summed E-state index contributed by atoms with van der Waals surface area (Å²) in [5.74, 6) is 2.27. The highest BCUT2D eigenvalue weighted by Gasteiger charge is 2.32. The highest BCUT2D eigenvalue weighted by Crippen LogP contribution is 2.28. The van der Waals surface area contributed by atoms with Crippen LogP contribution in [-0.4, -0.2) is 52.1 Å². The molecule has 7 heteroatoms. The molecule has 144 valence electrons. The van der Waals surface area contributed by atoms with Gasteiger partial charge in [-0.05, 0) is 30.5 Å². The summed E-state index contributed by atoms with van der Waals surface area (Å²) in [4.78, 5) is 21.2. The molecule has 1 fully saturated rings. The summed E-state index contributed by atoms with van der Waals surface area (Å²) in [6.07, 6.45) is 2.39. The van der Waals surface area contributed by atoms with Crippen LogP contribution in [0.15, 0.2) is 22.7 Å². The summed E-state index contributed by atoms with van der Waals surface area (Å²) in [6, 6.07) is 6.25. The van der Waals surface area contributed by atoms with E-state index in [1.165, 1.54) is 11.1 Å². The molecule has 1 aromatic carbocycles. The number of amides is 1. The Labute approximate surface area is 159 Å². The number of aryl methyl sites for hydroxylation is 1. The van der Waals surface area contributed by atoms with Gasteiger partial charge in [0.25, 0.3) is 5.89 Å². The number of carbonyl (C=O) groups is 1. The van der Waals surface area contributed by atoms with Gasteiger partial charge in [0.05, 0.1) is 6.61 Å². The van der Waals surface area contributed by atoms with Crippen molar-refractivity contribution in [2.24, 2.45) is 0 Å². The van der Waals surface area contributed by atoms with E-state index in [1.54, 1.807) is 6.92 Å². The van der Waals surface area contributed by atoms with Crippen molar-refractivity contribution in [3.63, 3.8) is 0 Å². The molecule has 0 aliphatic carbocycles. The van der Waals surface area contributed by atoms with Gasteiger partial charge < -0.3 is 14.2 Å². The van der Waals surface area contributed by atoms with Gasteiger partial charge in [-0.2, -0.15) is 4.98 Å². The van der Waals surface area contributed by atoms with Crippen LogP contribution in [0.25, 0.3) is 0 Å². The first-order valence-corrected chi connectivity index (χ1v) is 9.70. The van der Waals surface area contributed by atoms with Crippen LogP contribution in [-0.2, 0) is 17.8 Å². The van der Waals surface area contributed by atoms with Crippen LogP contribution in [0.2, 0.25) is 0 Å². The number of aromatic nitrogens is 2. The minimum Gasteiger partial charge on any atom is -0.493 e. The molecule has 3 heterocycles. The van der Waals surface area contributed by atoms with Gasteiger partial charge in [0.2, 0.25) is 5.91 Å². The molecular weight excluding hydrogens is 344 g/mol. The zero-order chi connectivity index (χ0) is 18.8. The van der Waals surface area contributed by atoms with Crippen LogP contribution in [0.1, 0.15) is 48.6 Å². The first kappa shape index (κ1) is 18.0. The summed E-state index contributed by atoms with van der Waals surface area (Å²) in [6.45, 7) is 7.66. The van der Waals surface area contributed by atoms with Gasteiger partial charge in [-0.1, -0.05) is 24.2 Å². The van der Waals surface area contributed by atoms with E-state index in [-0.39, 0.29) is 11.9 Å². The number of rotatable bonds is 4. The van der Waals surface area contributed by atoms with Gasteiger partial charge in [-0.25, -0.2) is 0 Å². The fourth-order valence-electron chi connectivity index (χ4n) is 3.96. The lowest BCUT2D eigenvalue weighted by molar-refractivity contribution is -0.133. The fraction of sp³-hybridized carbons (Fsp3) is 0.550. The lowest BCUT2D eigenvalue weighted by Gasteiger charge is -2.29. The first-order valence-electron chi connectivity index (χ1n) is 9.70. The largest absolute Gasteiger partial charge is 0.493 e. The van der Waals surface area contributed by atoms with Gasteiger partial charge in [-0.3, -0.25) is 9.69 Å². The summed E-state index contributed by atoms with van der Waals surface area (Å²) in [7, 11) is 0. The lowest BCUT2D eigenvalue weighted by Crippen LogP contribution is -2.38. The zero-order valence-corrected chi connectivity index (χ0v) is 16.0. The molecule has 1 aromatic heterocycles. The molecule has 1 amide bonds. The van der Waals surface area contributed by atoms with Gasteiger partial charge in [-0.15, -0.1) is 0 Å². The molecule has 0 saturated carbocycles. The second-order valence-corrected chi connectivity index (χ2v) is 7.27. The first-order chi connectivity index (χ1) is 13.1. The van der Waals surface area contributed by atoms with Crippen molar-refractivity contribution in [3.05, 3.63) is 41.0 Å². The molecule has 0 bridgehead atoms. The van der Waals surface area contributed by atoms with Crippen LogP contribution in [0.5, 0.6) is 5.75 Å². The number of fused-ring (bicyclic) bond motifs is 1. The average Bonchev–Trinajstić information content (AvgIpc) is 3.26. The molecule has 0 spiro atoms. The molecular formula is C20H26N4O3. The molecule has 27 heavy (non-hydrogen) atoms.